The minimum absolute atomic E-state index is 0.144. The molecule has 0 radical (unpaired) electrons. The van der Waals surface area contributed by atoms with Crippen molar-refractivity contribution >= 4 is 5.78 Å². The molecule has 0 atom stereocenters. The zero-order chi connectivity index (χ0) is 12.3. The highest BCUT2D eigenvalue weighted by molar-refractivity contribution is 5.88. The Kier molecular flexibility index (Phi) is 6.80. The van der Waals surface area contributed by atoms with Crippen molar-refractivity contribution in [3.63, 3.8) is 0 Å². The van der Waals surface area contributed by atoms with E-state index in [2.05, 4.69) is 6.58 Å². The van der Waals surface area contributed by atoms with Gasteiger partial charge in [-0.2, -0.15) is 0 Å². The average molecular weight is 232 g/mol. The topological polar surface area (TPSA) is 26.3 Å². The lowest BCUT2D eigenvalue weighted by Crippen LogP contribution is -1.97. The number of carbonyl (C=O) groups is 1. The third-order valence-corrected chi connectivity index (χ3v) is 2.56. The van der Waals surface area contributed by atoms with Gasteiger partial charge in [-0.15, -0.1) is 0 Å². The molecule has 0 aliphatic carbocycles. The number of unbranched alkanes of at least 4 members (excludes halogenated alkanes) is 3. The molecule has 0 aromatic heterocycles. The second-order valence-corrected chi connectivity index (χ2v) is 4.00. The molecule has 0 saturated carbocycles. The molecule has 17 heavy (non-hydrogen) atoms. The molecule has 0 aliphatic rings. The Morgan fingerprint density at radius 1 is 1.12 bits per heavy atom. The van der Waals surface area contributed by atoms with E-state index in [0.29, 0.717) is 6.42 Å². The Balaban J connectivity index is 1.95. The molecule has 92 valence electrons. The summed E-state index contributed by atoms with van der Waals surface area (Å²) in [6.07, 6.45) is 6.21. The summed E-state index contributed by atoms with van der Waals surface area (Å²) in [5.41, 5.74) is 0. The Morgan fingerprint density at radius 2 is 1.82 bits per heavy atom. The van der Waals surface area contributed by atoms with Crippen molar-refractivity contribution in [2.75, 3.05) is 6.61 Å². The fourth-order valence-corrected chi connectivity index (χ4v) is 1.56. The first-order valence-corrected chi connectivity index (χ1v) is 6.16. The average Bonchev–Trinajstić information content (AvgIpc) is 2.38. The second kappa shape index (κ2) is 8.57. The molecule has 0 N–H and O–H groups in total. The van der Waals surface area contributed by atoms with Gasteiger partial charge in [-0.05, 0) is 31.1 Å². The van der Waals surface area contributed by atoms with Crippen LogP contribution < -0.4 is 4.74 Å². The van der Waals surface area contributed by atoms with Crippen molar-refractivity contribution in [2.45, 2.75) is 32.1 Å². The van der Waals surface area contributed by atoms with Crippen LogP contribution in [0, 0.1) is 0 Å². The van der Waals surface area contributed by atoms with Crippen LogP contribution in [0.1, 0.15) is 32.1 Å². The highest BCUT2D eigenvalue weighted by Crippen LogP contribution is 2.10. The molecule has 0 bridgehead atoms. The first kappa shape index (κ1) is 13.5. The van der Waals surface area contributed by atoms with Crippen molar-refractivity contribution < 1.29 is 9.53 Å². The molecule has 1 rings (SSSR count). The molecule has 0 aliphatic heterocycles. The SMILES string of the molecule is C=CC(=O)CCCCCCOc1ccccc1. The van der Waals surface area contributed by atoms with Gasteiger partial charge in [0.15, 0.2) is 5.78 Å². The van der Waals surface area contributed by atoms with Crippen LogP contribution in [0.3, 0.4) is 0 Å². The maximum absolute atomic E-state index is 10.9. The van der Waals surface area contributed by atoms with Crippen molar-refractivity contribution in [3.8, 4) is 5.75 Å². The number of rotatable bonds is 9. The molecule has 1 aromatic rings. The van der Waals surface area contributed by atoms with Crippen molar-refractivity contribution in [1.29, 1.82) is 0 Å². The summed E-state index contributed by atoms with van der Waals surface area (Å²) in [4.78, 5) is 10.9. The van der Waals surface area contributed by atoms with Crippen molar-refractivity contribution in [2.24, 2.45) is 0 Å². The van der Waals surface area contributed by atoms with E-state index in [1.807, 2.05) is 30.3 Å². The van der Waals surface area contributed by atoms with Crippen molar-refractivity contribution in [1.82, 2.24) is 0 Å². The standard InChI is InChI=1S/C15H20O2/c1-2-14(16)10-6-3-4-9-13-17-15-11-7-5-8-12-15/h2,5,7-8,11-12H,1,3-4,6,9-10,13H2. The van der Waals surface area contributed by atoms with E-state index in [9.17, 15) is 4.79 Å². The van der Waals surface area contributed by atoms with E-state index in [1.165, 1.54) is 6.08 Å². The number of allylic oxidation sites excluding steroid dienone is 1. The van der Waals surface area contributed by atoms with Gasteiger partial charge in [-0.3, -0.25) is 4.79 Å². The van der Waals surface area contributed by atoms with Gasteiger partial charge < -0.3 is 4.74 Å². The summed E-state index contributed by atoms with van der Waals surface area (Å²) in [6, 6.07) is 9.83. The Bertz CT molecular complexity index is 330. The number of hydrogen-bond acceptors (Lipinski definition) is 2. The molecule has 0 amide bonds. The van der Waals surface area contributed by atoms with Crippen LogP contribution >= 0.6 is 0 Å². The summed E-state index contributed by atoms with van der Waals surface area (Å²) in [5.74, 6) is 1.07. The summed E-state index contributed by atoms with van der Waals surface area (Å²) >= 11 is 0. The van der Waals surface area contributed by atoms with Crippen LogP contribution in [-0.4, -0.2) is 12.4 Å². The predicted molar refractivity (Wildman–Crippen MR) is 70.2 cm³/mol. The van der Waals surface area contributed by atoms with Gasteiger partial charge in [0.1, 0.15) is 5.75 Å². The third-order valence-electron chi connectivity index (χ3n) is 2.56. The number of benzene rings is 1. The van der Waals surface area contributed by atoms with E-state index in [-0.39, 0.29) is 5.78 Å². The minimum atomic E-state index is 0.144. The Labute approximate surface area is 103 Å². The lowest BCUT2D eigenvalue weighted by Gasteiger charge is -2.05. The van der Waals surface area contributed by atoms with E-state index in [4.69, 9.17) is 4.74 Å². The summed E-state index contributed by atoms with van der Waals surface area (Å²) in [6.45, 7) is 4.20. The van der Waals surface area contributed by atoms with Gasteiger partial charge in [0.2, 0.25) is 0 Å². The molecule has 2 heteroatoms. The quantitative estimate of drug-likeness (QED) is 0.478. The van der Waals surface area contributed by atoms with Crippen LogP contribution in [0.2, 0.25) is 0 Å². The van der Waals surface area contributed by atoms with Crippen LogP contribution in [0.5, 0.6) is 5.75 Å². The minimum Gasteiger partial charge on any atom is -0.494 e. The summed E-state index contributed by atoms with van der Waals surface area (Å²) < 4.78 is 5.57. The van der Waals surface area contributed by atoms with Gasteiger partial charge in [0.25, 0.3) is 0 Å². The molecule has 0 fully saturated rings. The molecular formula is C15H20O2. The lowest BCUT2D eigenvalue weighted by molar-refractivity contribution is -0.114. The van der Waals surface area contributed by atoms with E-state index in [0.717, 1.165) is 38.0 Å². The zero-order valence-electron chi connectivity index (χ0n) is 10.2. The third kappa shape index (κ3) is 6.56. The molecule has 0 saturated heterocycles. The van der Waals surface area contributed by atoms with E-state index < -0.39 is 0 Å². The molecule has 0 spiro atoms. The second-order valence-electron chi connectivity index (χ2n) is 4.00. The Hall–Kier alpha value is -1.57. The molecule has 0 unspecified atom stereocenters. The molecule has 2 nitrogen and oxygen atoms in total. The smallest absolute Gasteiger partial charge is 0.155 e. The number of hydrogen-bond donors (Lipinski definition) is 0. The van der Waals surface area contributed by atoms with Gasteiger partial charge in [-0.1, -0.05) is 37.6 Å². The number of ketones is 1. The van der Waals surface area contributed by atoms with Crippen LogP contribution in [0.25, 0.3) is 0 Å². The van der Waals surface area contributed by atoms with Crippen LogP contribution in [0.15, 0.2) is 43.0 Å². The molecular weight excluding hydrogens is 212 g/mol. The predicted octanol–water partition coefficient (Wildman–Crippen LogP) is 3.77. The summed E-state index contributed by atoms with van der Waals surface area (Å²) in [7, 11) is 0. The van der Waals surface area contributed by atoms with Gasteiger partial charge >= 0.3 is 0 Å². The largest absolute Gasteiger partial charge is 0.494 e. The Morgan fingerprint density at radius 3 is 2.53 bits per heavy atom. The normalized spacial score (nSPS) is 9.88. The fourth-order valence-electron chi connectivity index (χ4n) is 1.56. The number of ether oxygens (including phenoxy) is 1. The maximum Gasteiger partial charge on any atom is 0.155 e. The molecule has 1 aromatic carbocycles. The van der Waals surface area contributed by atoms with Gasteiger partial charge in [0, 0.05) is 6.42 Å². The first-order valence-electron chi connectivity index (χ1n) is 6.16. The maximum atomic E-state index is 10.9. The van der Waals surface area contributed by atoms with E-state index in [1.54, 1.807) is 0 Å². The van der Waals surface area contributed by atoms with Crippen molar-refractivity contribution in [3.05, 3.63) is 43.0 Å². The van der Waals surface area contributed by atoms with Crippen LogP contribution in [0.4, 0.5) is 0 Å². The highest BCUT2D eigenvalue weighted by atomic mass is 16.5. The lowest BCUT2D eigenvalue weighted by atomic mass is 10.1. The number of para-hydroxylation sites is 1. The number of carbonyl (C=O) groups excluding carboxylic acids is 1. The summed E-state index contributed by atoms with van der Waals surface area (Å²) in [5, 5.41) is 0. The van der Waals surface area contributed by atoms with Crippen LogP contribution in [-0.2, 0) is 4.79 Å². The monoisotopic (exact) mass is 232 g/mol. The first-order chi connectivity index (χ1) is 8.33. The zero-order valence-corrected chi connectivity index (χ0v) is 10.2. The molecule has 0 heterocycles. The fraction of sp³-hybridized carbons (Fsp3) is 0.400. The highest BCUT2D eigenvalue weighted by Gasteiger charge is 1.96. The van der Waals surface area contributed by atoms with E-state index >= 15 is 0 Å². The van der Waals surface area contributed by atoms with Gasteiger partial charge in [0.05, 0.1) is 6.61 Å². The van der Waals surface area contributed by atoms with Gasteiger partial charge in [-0.25, -0.2) is 0 Å².